The highest BCUT2D eigenvalue weighted by molar-refractivity contribution is 6.05. The summed E-state index contributed by atoms with van der Waals surface area (Å²) in [6.45, 7) is 2.12. The number of likely N-dealkylation sites (tertiary alicyclic amines) is 1. The highest BCUT2D eigenvalue weighted by Crippen LogP contribution is 2.27. The molecule has 2 aliphatic rings. The van der Waals surface area contributed by atoms with Crippen LogP contribution in [-0.4, -0.2) is 36.3 Å². The van der Waals surface area contributed by atoms with Crippen molar-refractivity contribution in [3.05, 3.63) is 0 Å². The van der Waals surface area contributed by atoms with E-state index in [0.29, 0.717) is 19.5 Å². The zero-order chi connectivity index (χ0) is 10.1. The van der Waals surface area contributed by atoms with Crippen LogP contribution in [-0.2, 0) is 9.59 Å². The van der Waals surface area contributed by atoms with E-state index < -0.39 is 0 Å². The van der Waals surface area contributed by atoms with Gasteiger partial charge in [0.25, 0.3) is 0 Å². The van der Waals surface area contributed by atoms with Crippen molar-refractivity contribution in [2.24, 2.45) is 11.8 Å². The van der Waals surface area contributed by atoms with Gasteiger partial charge >= 0.3 is 0 Å². The van der Waals surface area contributed by atoms with Gasteiger partial charge in [-0.05, 0) is 0 Å². The second-order valence-electron chi connectivity index (χ2n) is 3.78. The number of imide groups is 1. The molecule has 0 aliphatic carbocycles. The molecule has 0 spiro atoms. The fourth-order valence-electron chi connectivity index (χ4n) is 2.13. The van der Waals surface area contributed by atoms with Gasteiger partial charge in [0, 0.05) is 26.1 Å². The van der Waals surface area contributed by atoms with Crippen LogP contribution in [0.2, 0.25) is 0 Å². The van der Waals surface area contributed by atoms with E-state index in [0.717, 1.165) is 6.54 Å². The van der Waals surface area contributed by atoms with E-state index in [4.69, 9.17) is 6.42 Å². The lowest BCUT2D eigenvalue weighted by Gasteiger charge is -2.13. The number of amides is 2. The first kappa shape index (κ1) is 9.22. The Morgan fingerprint density at radius 1 is 1.36 bits per heavy atom. The Bertz CT molecular complexity index is 297. The number of hydrogen-bond acceptors (Lipinski definition) is 3. The van der Waals surface area contributed by atoms with Crippen molar-refractivity contribution >= 4 is 11.8 Å². The van der Waals surface area contributed by atoms with Crippen molar-refractivity contribution < 1.29 is 9.59 Å². The number of terminal acetylenes is 1. The predicted octanol–water partition coefficient (Wildman–Crippen LogP) is -0.786. The number of carbonyl (C=O) groups is 2. The Hall–Kier alpha value is -1.34. The smallest absolute Gasteiger partial charge is 0.231 e. The monoisotopic (exact) mass is 192 g/mol. The first-order valence-corrected chi connectivity index (χ1v) is 4.73. The molecule has 2 atom stereocenters. The van der Waals surface area contributed by atoms with E-state index in [9.17, 15) is 9.59 Å². The number of nitrogens with zero attached hydrogens (tertiary/aromatic N) is 1. The number of fused-ring (bicyclic) bond motifs is 1. The Morgan fingerprint density at radius 2 is 1.93 bits per heavy atom. The minimum Gasteiger partial charge on any atom is -0.301 e. The molecule has 1 N–H and O–H groups in total. The number of rotatable bonds is 2. The summed E-state index contributed by atoms with van der Waals surface area (Å²) in [7, 11) is 0. The fourth-order valence-corrected chi connectivity index (χ4v) is 2.13. The van der Waals surface area contributed by atoms with E-state index in [1.54, 1.807) is 0 Å². The number of nitrogens with one attached hydrogen (secondary N) is 1. The molecule has 14 heavy (non-hydrogen) atoms. The lowest BCUT2D eigenvalue weighted by atomic mass is 10.00. The first-order chi connectivity index (χ1) is 6.72. The van der Waals surface area contributed by atoms with Crippen LogP contribution in [0.4, 0.5) is 0 Å². The van der Waals surface area contributed by atoms with E-state index in [1.807, 2.05) is 0 Å². The lowest BCUT2D eigenvalue weighted by molar-refractivity contribution is -0.126. The molecule has 0 unspecified atom stereocenters. The largest absolute Gasteiger partial charge is 0.301 e. The van der Waals surface area contributed by atoms with Crippen LogP contribution in [0.25, 0.3) is 0 Å². The van der Waals surface area contributed by atoms with Gasteiger partial charge in [0.05, 0.1) is 11.8 Å². The zero-order valence-electron chi connectivity index (χ0n) is 7.82. The highest BCUT2D eigenvalue weighted by atomic mass is 16.2. The maximum Gasteiger partial charge on any atom is 0.231 e. The molecule has 0 aromatic carbocycles. The molecule has 2 aliphatic heterocycles. The number of carbonyl (C=O) groups excluding carboxylic acids is 2. The third-order valence-corrected chi connectivity index (χ3v) is 2.89. The normalized spacial score (nSPS) is 31.4. The summed E-state index contributed by atoms with van der Waals surface area (Å²) < 4.78 is 0. The average Bonchev–Trinajstić information content (AvgIpc) is 2.67. The van der Waals surface area contributed by atoms with Gasteiger partial charge in [-0.15, -0.1) is 12.3 Å². The molecule has 2 rings (SSSR count). The van der Waals surface area contributed by atoms with Gasteiger partial charge < -0.3 is 4.90 Å². The third kappa shape index (κ3) is 1.40. The molecule has 0 saturated carbocycles. The predicted molar refractivity (Wildman–Crippen MR) is 50.0 cm³/mol. The standard InChI is InChI=1S/C10H12N2O2/c1-2-3-4-12-5-7-8(6-12)10(14)11-9(7)13/h1,7-8H,3-6H2,(H,11,13,14)/t7-,8+. The summed E-state index contributed by atoms with van der Waals surface area (Å²) in [5.41, 5.74) is 0. The van der Waals surface area contributed by atoms with Crippen LogP contribution in [0.3, 0.4) is 0 Å². The highest BCUT2D eigenvalue weighted by Gasteiger charge is 2.47. The van der Waals surface area contributed by atoms with Crippen LogP contribution >= 0.6 is 0 Å². The summed E-state index contributed by atoms with van der Waals surface area (Å²) in [6, 6.07) is 0. The molecule has 74 valence electrons. The Morgan fingerprint density at radius 3 is 2.43 bits per heavy atom. The molecular weight excluding hydrogens is 180 g/mol. The van der Waals surface area contributed by atoms with Crippen molar-refractivity contribution in [1.82, 2.24) is 10.2 Å². The first-order valence-electron chi connectivity index (χ1n) is 4.73. The fraction of sp³-hybridized carbons (Fsp3) is 0.600. The summed E-state index contributed by atoms with van der Waals surface area (Å²) >= 11 is 0. The van der Waals surface area contributed by atoms with Crippen molar-refractivity contribution in [3.8, 4) is 12.3 Å². The van der Waals surface area contributed by atoms with E-state index >= 15 is 0 Å². The molecular formula is C10H12N2O2. The SMILES string of the molecule is C#CCCN1C[C@@H]2C(=O)NC(=O)[C@@H]2C1. The summed E-state index contributed by atoms with van der Waals surface area (Å²) in [5, 5.41) is 2.35. The summed E-state index contributed by atoms with van der Waals surface area (Å²) in [6.07, 6.45) is 5.83. The topological polar surface area (TPSA) is 49.4 Å². The molecule has 4 heteroatoms. The molecule has 0 bridgehead atoms. The van der Waals surface area contributed by atoms with E-state index in [2.05, 4.69) is 16.1 Å². The van der Waals surface area contributed by atoms with Crippen molar-refractivity contribution in [2.45, 2.75) is 6.42 Å². The van der Waals surface area contributed by atoms with Gasteiger partial charge in [0.1, 0.15) is 0 Å². The Balaban J connectivity index is 1.98. The van der Waals surface area contributed by atoms with Gasteiger partial charge in [0.15, 0.2) is 0 Å². The third-order valence-electron chi connectivity index (χ3n) is 2.89. The second-order valence-corrected chi connectivity index (χ2v) is 3.78. The minimum absolute atomic E-state index is 0.122. The molecule has 2 fully saturated rings. The molecule has 2 amide bonds. The average molecular weight is 192 g/mol. The lowest BCUT2D eigenvalue weighted by Crippen LogP contribution is -2.31. The Labute approximate surface area is 82.6 Å². The molecule has 2 heterocycles. The minimum atomic E-state index is -0.139. The van der Waals surface area contributed by atoms with Gasteiger partial charge in [-0.1, -0.05) is 0 Å². The van der Waals surface area contributed by atoms with Crippen molar-refractivity contribution in [1.29, 1.82) is 0 Å². The molecule has 4 nitrogen and oxygen atoms in total. The van der Waals surface area contributed by atoms with Crippen molar-refractivity contribution in [3.63, 3.8) is 0 Å². The van der Waals surface area contributed by atoms with Crippen molar-refractivity contribution in [2.75, 3.05) is 19.6 Å². The molecule has 2 saturated heterocycles. The van der Waals surface area contributed by atoms with Crippen LogP contribution in [0.15, 0.2) is 0 Å². The summed E-state index contributed by atoms with van der Waals surface area (Å²) in [4.78, 5) is 24.7. The maximum absolute atomic E-state index is 11.3. The van der Waals surface area contributed by atoms with Gasteiger partial charge in [-0.2, -0.15) is 0 Å². The van der Waals surface area contributed by atoms with E-state index in [1.165, 1.54) is 0 Å². The van der Waals surface area contributed by atoms with Crippen LogP contribution in [0, 0.1) is 24.2 Å². The van der Waals surface area contributed by atoms with Crippen LogP contribution < -0.4 is 5.32 Å². The second kappa shape index (κ2) is 3.43. The molecule has 0 aromatic heterocycles. The van der Waals surface area contributed by atoms with E-state index in [-0.39, 0.29) is 23.7 Å². The maximum atomic E-state index is 11.3. The summed E-state index contributed by atoms with van der Waals surface area (Å²) in [5.74, 6) is 2.03. The number of hydrogen-bond donors (Lipinski definition) is 1. The van der Waals surface area contributed by atoms with Crippen LogP contribution in [0.5, 0.6) is 0 Å². The zero-order valence-corrected chi connectivity index (χ0v) is 7.82. The molecule has 0 aromatic rings. The van der Waals surface area contributed by atoms with Crippen LogP contribution in [0.1, 0.15) is 6.42 Å². The van der Waals surface area contributed by atoms with Gasteiger partial charge in [0.2, 0.25) is 11.8 Å². The quantitative estimate of drug-likeness (QED) is 0.461. The Kier molecular flexibility index (Phi) is 2.26. The van der Waals surface area contributed by atoms with Gasteiger partial charge in [-0.25, -0.2) is 0 Å². The van der Waals surface area contributed by atoms with Gasteiger partial charge in [-0.3, -0.25) is 14.9 Å². The molecule has 0 radical (unpaired) electrons.